The van der Waals surface area contributed by atoms with Gasteiger partial charge in [-0.2, -0.15) is 0 Å². The van der Waals surface area contributed by atoms with Crippen molar-refractivity contribution in [2.24, 2.45) is 0 Å². The van der Waals surface area contributed by atoms with Crippen molar-refractivity contribution in [3.05, 3.63) is 54.1 Å². The number of para-hydroxylation sites is 2. The number of carbonyl (C=O) groups is 2. The summed E-state index contributed by atoms with van der Waals surface area (Å²) in [5.41, 5.74) is 1.73. The number of benzene rings is 2. The van der Waals surface area contributed by atoms with E-state index in [0.29, 0.717) is 16.5 Å². The summed E-state index contributed by atoms with van der Waals surface area (Å²) in [6, 6.07) is 12.1. The van der Waals surface area contributed by atoms with Crippen LogP contribution in [0.1, 0.15) is 64.1 Å². The van der Waals surface area contributed by atoms with E-state index in [0.717, 1.165) is 42.4 Å². The third kappa shape index (κ3) is 5.51. The first-order chi connectivity index (χ1) is 17.9. The first-order valence-corrected chi connectivity index (χ1v) is 13.8. The van der Waals surface area contributed by atoms with E-state index >= 15 is 0 Å². The number of hydrogen-bond acceptors (Lipinski definition) is 6. The van der Waals surface area contributed by atoms with Crippen molar-refractivity contribution in [1.29, 1.82) is 0 Å². The highest BCUT2D eigenvalue weighted by atomic mass is 32.1. The van der Waals surface area contributed by atoms with Crippen LogP contribution in [0.15, 0.2) is 42.5 Å². The highest BCUT2D eigenvalue weighted by Gasteiger charge is 2.31. The molecule has 0 bridgehead atoms. The Labute approximate surface area is 219 Å². The molecule has 4 aromatic rings. The SMILES string of the molecule is CC[C@H]1CCCCN1C(=O)C[C@H](Nc1nc2ccccc2s1)C(=O)C[C@@H](C)c1nc2c(F)cccc2[nH]1. The lowest BCUT2D eigenvalue weighted by Crippen LogP contribution is -2.46. The summed E-state index contributed by atoms with van der Waals surface area (Å²) in [7, 11) is 0. The number of halogens is 1. The summed E-state index contributed by atoms with van der Waals surface area (Å²) in [5.74, 6) is -0.206. The maximum atomic E-state index is 14.2. The van der Waals surface area contributed by atoms with Crippen LogP contribution in [-0.2, 0) is 9.59 Å². The second-order valence-corrected chi connectivity index (χ2v) is 10.9. The van der Waals surface area contributed by atoms with Crippen LogP contribution < -0.4 is 5.32 Å². The van der Waals surface area contributed by atoms with Gasteiger partial charge in [0.1, 0.15) is 11.3 Å². The van der Waals surface area contributed by atoms with Crippen molar-refractivity contribution < 1.29 is 14.0 Å². The number of rotatable bonds is 9. The molecule has 1 fully saturated rings. The first-order valence-electron chi connectivity index (χ1n) is 13.0. The summed E-state index contributed by atoms with van der Waals surface area (Å²) in [4.78, 5) is 41.2. The van der Waals surface area contributed by atoms with Crippen LogP contribution in [-0.4, -0.2) is 50.2 Å². The minimum absolute atomic E-state index is 0.00280. The molecule has 5 rings (SSSR count). The monoisotopic (exact) mass is 521 g/mol. The molecule has 3 atom stereocenters. The molecular weight excluding hydrogens is 489 g/mol. The lowest BCUT2D eigenvalue weighted by Gasteiger charge is -2.36. The third-order valence-corrected chi connectivity index (χ3v) is 8.20. The van der Waals surface area contributed by atoms with Crippen LogP contribution in [0, 0.1) is 5.82 Å². The number of nitrogens with one attached hydrogen (secondary N) is 2. The van der Waals surface area contributed by atoms with Crippen molar-refractivity contribution in [3.8, 4) is 0 Å². The maximum absolute atomic E-state index is 14.2. The smallest absolute Gasteiger partial charge is 0.225 e. The lowest BCUT2D eigenvalue weighted by molar-refractivity contribution is -0.137. The molecule has 2 aromatic heterocycles. The fraction of sp³-hybridized carbons (Fsp3) is 0.429. The van der Waals surface area contributed by atoms with Gasteiger partial charge >= 0.3 is 0 Å². The molecule has 0 unspecified atom stereocenters. The number of fused-ring (bicyclic) bond motifs is 2. The van der Waals surface area contributed by atoms with Crippen LogP contribution in [0.5, 0.6) is 0 Å². The van der Waals surface area contributed by atoms with Gasteiger partial charge in [0, 0.05) is 24.9 Å². The third-order valence-electron chi connectivity index (χ3n) is 7.23. The number of amides is 1. The number of anilines is 1. The topological polar surface area (TPSA) is 91.0 Å². The number of nitrogens with zero attached hydrogens (tertiary/aromatic N) is 3. The van der Waals surface area contributed by atoms with Gasteiger partial charge < -0.3 is 15.2 Å². The molecule has 0 radical (unpaired) electrons. The second-order valence-electron chi connectivity index (χ2n) is 9.86. The van der Waals surface area contributed by atoms with E-state index in [1.54, 1.807) is 12.1 Å². The number of hydrogen-bond donors (Lipinski definition) is 2. The number of thiazole rings is 1. The minimum atomic E-state index is -0.712. The fourth-order valence-electron chi connectivity index (χ4n) is 5.16. The van der Waals surface area contributed by atoms with Gasteiger partial charge in [-0.15, -0.1) is 0 Å². The van der Waals surface area contributed by atoms with Crippen molar-refractivity contribution in [1.82, 2.24) is 19.9 Å². The van der Waals surface area contributed by atoms with E-state index in [4.69, 9.17) is 0 Å². The summed E-state index contributed by atoms with van der Waals surface area (Å²) >= 11 is 1.47. The van der Waals surface area contributed by atoms with E-state index in [1.807, 2.05) is 36.1 Å². The molecule has 7 nitrogen and oxygen atoms in total. The molecule has 0 saturated carbocycles. The Morgan fingerprint density at radius 1 is 1.16 bits per heavy atom. The molecule has 2 N–H and O–H groups in total. The molecule has 1 amide bonds. The molecule has 0 aliphatic carbocycles. The van der Waals surface area contributed by atoms with Crippen LogP contribution in [0.3, 0.4) is 0 Å². The molecule has 194 valence electrons. The van der Waals surface area contributed by atoms with Gasteiger partial charge in [-0.05, 0) is 49.9 Å². The van der Waals surface area contributed by atoms with Crippen molar-refractivity contribution >= 4 is 49.4 Å². The Hall–Kier alpha value is -3.33. The Kier molecular flexibility index (Phi) is 7.50. The number of ketones is 1. The lowest BCUT2D eigenvalue weighted by atomic mass is 9.95. The first kappa shape index (κ1) is 25.3. The zero-order valence-corrected chi connectivity index (χ0v) is 22.0. The molecule has 3 heterocycles. The Bertz CT molecular complexity index is 1380. The highest BCUT2D eigenvalue weighted by Crippen LogP contribution is 2.29. The van der Waals surface area contributed by atoms with Gasteiger partial charge in [0.2, 0.25) is 5.91 Å². The van der Waals surface area contributed by atoms with Crippen molar-refractivity contribution in [3.63, 3.8) is 0 Å². The number of piperidine rings is 1. The maximum Gasteiger partial charge on any atom is 0.225 e. The molecule has 1 aliphatic heterocycles. The van der Waals surface area contributed by atoms with Gasteiger partial charge in [-0.3, -0.25) is 9.59 Å². The summed E-state index contributed by atoms with van der Waals surface area (Å²) in [5, 5.41) is 3.91. The minimum Gasteiger partial charge on any atom is -0.351 e. The van der Waals surface area contributed by atoms with E-state index in [9.17, 15) is 14.0 Å². The summed E-state index contributed by atoms with van der Waals surface area (Å²) in [6.45, 7) is 4.73. The van der Waals surface area contributed by atoms with E-state index in [-0.39, 0.29) is 42.0 Å². The van der Waals surface area contributed by atoms with Gasteiger partial charge in [0.25, 0.3) is 0 Å². The molecule has 0 spiro atoms. The zero-order valence-electron chi connectivity index (χ0n) is 21.2. The Morgan fingerprint density at radius 3 is 2.78 bits per heavy atom. The Morgan fingerprint density at radius 2 is 2.00 bits per heavy atom. The van der Waals surface area contributed by atoms with Crippen molar-refractivity contribution in [2.45, 2.75) is 70.4 Å². The average molecular weight is 522 g/mol. The van der Waals surface area contributed by atoms with Crippen LogP contribution in [0.25, 0.3) is 21.3 Å². The second kappa shape index (κ2) is 11.0. The largest absolute Gasteiger partial charge is 0.351 e. The summed E-state index contributed by atoms with van der Waals surface area (Å²) in [6.07, 6.45) is 4.28. The van der Waals surface area contributed by atoms with E-state index < -0.39 is 11.9 Å². The predicted molar refractivity (Wildman–Crippen MR) is 145 cm³/mol. The molecule has 2 aromatic carbocycles. The number of H-pyrrole nitrogens is 1. The fourth-order valence-corrected chi connectivity index (χ4v) is 6.08. The predicted octanol–water partition coefficient (Wildman–Crippen LogP) is 6.04. The van der Waals surface area contributed by atoms with Crippen molar-refractivity contribution in [2.75, 3.05) is 11.9 Å². The number of likely N-dealkylation sites (tertiary alicyclic amines) is 1. The Balaban J connectivity index is 1.36. The molecule has 9 heteroatoms. The average Bonchev–Trinajstić information content (AvgIpc) is 3.53. The molecule has 37 heavy (non-hydrogen) atoms. The van der Waals surface area contributed by atoms with Crippen LogP contribution >= 0.6 is 11.3 Å². The highest BCUT2D eigenvalue weighted by molar-refractivity contribution is 7.22. The number of aromatic amines is 1. The van der Waals surface area contributed by atoms with Gasteiger partial charge in [0.15, 0.2) is 16.7 Å². The zero-order chi connectivity index (χ0) is 25.9. The number of imidazole rings is 1. The van der Waals surface area contributed by atoms with Crippen LogP contribution in [0.2, 0.25) is 0 Å². The molecular formula is C28H32FN5O2S. The summed E-state index contributed by atoms with van der Waals surface area (Å²) < 4.78 is 15.2. The standard InChI is InChI=1S/C28H32FN5O2S/c1-3-18-9-6-7-14-34(18)25(36)16-22(32-28-31-20-11-4-5-13-24(20)37-28)23(35)15-17(2)27-30-21-12-8-10-19(29)26(21)33-27/h4-5,8,10-13,17-18,22H,3,6-7,9,14-16H2,1-2H3,(H,30,33)(H,31,32)/t17-,18+,22+/m1/s1. The van der Waals surface area contributed by atoms with Crippen LogP contribution in [0.4, 0.5) is 9.52 Å². The van der Waals surface area contributed by atoms with E-state index in [2.05, 4.69) is 27.2 Å². The van der Waals surface area contributed by atoms with Gasteiger partial charge in [-0.1, -0.05) is 43.4 Å². The van der Waals surface area contributed by atoms with Gasteiger partial charge in [-0.25, -0.2) is 14.4 Å². The van der Waals surface area contributed by atoms with E-state index in [1.165, 1.54) is 17.4 Å². The number of Topliss-reactive ketones (excluding diaryl/α,β-unsaturated/α-hetero) is 1. The normalized spacial score (nSPS) is 17.7. The van der Waals surface area contributed by atoms with Gasteiger partial charge in [0.05, 0.1) is 28.2 Å². The molecule has 1 aliphatic rings. The number of carbonyl (C=O) groups excluding carboxylic acids is 2. The molecule has 1 saturated heterocycles. The number of aromatic nitrogens is 3. The quantitative estimate of drug-likeness (QED) is 0.280.